The summed E-state index contributed by atoms with van der Waals surface area (Å²) in [5, 5.41) is 3.53. The summed E-state index contributed by atoms with van der Waals surface area (Å²) in [6, 6.07) is 38.6. The van der Waals surface area contributed by atoms with Crippen molar-refractivity contribution in [3.63, 3.8) is 0 Å². The zero-order valence-electron chi connectivity index (χ0n) is 33.2. The first-order chi connectivity index (χ1) is 26.9. The van der Waals surface area contributed by atoms with E-state index in [9.17, 15) is 13.0 Å². The van der Waals surface area contributed by atoms with E-state index < -0.39 is 10.1 Å². The Morgan fingerprint density at radius 3 is 2.11 bits per heavy atom. The maximum Gasteiger partial charge on any atom is 0.294 e. The van der Waals surface area contributed by atoms with Crippen LogP contribution in [0.5, 0.6) is 5.75 Å². The Balaban J connectivity index is 1.38. The Morgan fingerprint density at radius 1 is 0.786 bits per heavy atom. The van der Waals surface area contributed by atoms with Crippen LogP contribution in [0.4, 0.5) is 17.1 Å². The standard InChI is InChI=1S/C48H51N3O4S/c1-7-50(32-37-13-10-12-34(4)28-37)42-22-26-46(35(5)29-42)48(39-16-18-40(19-17-39)49-41-20-24-44(25-21-41)55-9-3)47-27-23-43(30-36(47)6)51(8-2)33-38-14-11-15-45(31-38)56(52,53)54/h10-31H,7-9,32-33H2,1-6H3,(H,52,53,54)/p+1. The van der Waals surface area contributed by atoms with E-state index >= 15 is 0 Å². The summed E-state index contributed by atoms with van der Waals surface area (Å²) in [7, 11) is -4.29. The van der Waals surface area contributed by atoms with Crippen molar-refractivity contribution in [2.75, 3.05) is 29.9 Å². The van der Waals surface area contributed by atoms with Gasteiger partial charge in [-0.15, -0.1) is 0 Å². The van der Waals surface area contributed by atoms with E-state index in [2.05, 4.69) is 134 Å². The van der Waals surface area contributed by atoms with Crippen LogP contribution in [-0.4, -0.2) is 43.0 Å². The molecular formula is C48H52N3O4S+. The van der Waals surface area contributed by atoms with Gasteiger partial charge in [0.15, 0.2) is 12.3 Å². The minimum Gasteiger partial charge on any atom is -0.494 e. The fraction of sp³-hybridized carbons (Fsp3) is 0.229. The molecule has 1 aliphatic rings. The number of nitrogens with zero attached hydrogens (tertiary/aromatic N) is 2. The molecule has 2 N–H and O–H groups in total. The van der Waals surface area contributed by atoms with E-state index in [-0.39, 0.29) is 4.90 Å². The molecule has 0 saturated heterocycles. The predicted octanol–water partition coefficient (Wildman–Crippen LogP) is 10.7. The summed E-state index contributed by atoms with van der Waals surface area (Å²) in [5.74, 6) is 0.848. The zero-order chi connectivity index (χ0) is 39.8. The average molecular weight is 767 g/mol. The Hall–Kier alpha value is -5.70. The number of rotatable bonds is 14. The van der Waals surface area contributed by atoms with E-state index in [1.165, 1.54) is 34.5 Å². The monoisotopic (exact) mass is 766 g/mol. The average Bonchev–Trinajstić information content (AvgIpc) is 3.18. The molecule has 0 fully saturated rings. The van der Waals surface area contributed by atoms with Gasteiger partial charge >= 0.3 is 0 Å². The van der Waals surface area contributed by atoms with Crippen LogP contribution in [0.2, 0.25) is 0 Å². The second-order valence-corrected chi connectivity index (χ2v) is 15.6. The van der Waals surface area contributed by atoms with Gasteiger partial charge in [-0.05, 0) is 147 Å². The SMILES string of the molecule is CCOc1ccc(Nc2ccc(/C(=C3C=C/C(=[N+](/CC)Cc4cccc(S(=O)(=O)O)c4)C=C\3C)c3ccc(N(CC)Cc4cccc(C)c4)cc3C)cc2)cc1. The molecule has 7 nitrogen and oxygen atoms in total. The highest BCUT2D eigenvalue weighted by atomic mass is 32.2. The molecule has 1 aliphatic carbocycles. The van der Waals surface area contributed by atoms with Crippen molar-refractivity contribution in [2.24, 2.45) is 0 Å². The minimum absolute atomic E-state index is 0.101. The van der Waals surface area contributed by atoms with Crippen molar-refractivity contribution < 1.29 is 22.3 Å². The Bertz CT molecular complexity index is 2430. The molecule has 0 unspecified atom stereocenters. The lowest BCUT2D eigenvalue weighted by Crippen LogP contribution is -2.22. The van der Waals surface area contributed by atoms with Crippen LogP contribution in [0, 0.1) is 13.8 Å². The smallest absolute Gasteiger partial charge is 0.294 e. The maximum absolute atomic E-state index is 11.8. The molecule has 5 aromatic rings. The molecule has 0 bridgehead atoms. The summed E-state index contributed by atoms with van der Waals surface area (Å²) < 4.78 is 41.1. The van der Waals surface area contributed by atoms with Crippen LogP contribution in [-0.2, 0) is 23.2 Å². The summed E-state index contributed by atoms with van der Waals surface area (Å²) in [5.41, 5.74) is 14.4. The van der Waals surface area contributed by atoms with Gasteiger partial charge in [0.1, 0.15) is 12.3 Å². The molecule has 5 aromatic carbocycles. The molecule has 0 amide bonds. The Labute approximate surface area is 332 Å². The lowest BCUT2D eigenvalue weighted by Gasteiger charge is -2.25. The molecule has 0 aromatic heterocycles. The summed E-state index contributed by atoms with van der Waals surface area (Å²) in [6.45, 7) is 16.3. The van der Waals surface area contributed by atoms with E-state index in [1.807, 2.05) is 37.3 Å². The minimum atomic E-state index is -4.29. The molecule has 0 saturated carbocycles. The molecule has 288 valence electrons. The fourth-order valence-electron chi connectivity index (χ4n) is 7.22. The van der Waals surface area contributed by atoms with Crippen LogP contribution in [0.1, 0.15) is 61.1 Å². The van der Waals surface area contributed by atoms with Gasteiger partial charge < -0.3 is 15.0 Å². The van der Waals surface area contributed by atoms with Gasteiger partial charge in [0.05, 0.1) is 11.5 Å². The highest BCUT2D eigenvalue weighted by Gasteiger charge is 2.21. The molecule has 0 aliphatic heterocycles. The third-order valence-corrected chi connectivity index (χ3v) is 11.0. The van der Waals surface area contributed by atoms with Crippen molar-refractivity contribution in [3.8, 4) is 5.75 Å². The Kier molecular flexibility index (Phi) is 12.7. The number of hydrogen-bond acceptors (Lipinski definition) is 5. The lowest BCUT2D eigenvalue weighted by molar-refractivity contribution is -0.539. The molecule has 0 radical (unpaired) electrons. The van der Waals surface area contributed by atoms with E-state index in [0.717, 1.165) is 69.3 Å². The number of anilines is 3. The van der Waals surface area contributed by atoms with Crippen LogP contribution in [0.15, 0.2) is 150 Å². The number of hydrogen-bond donors (Lipinski definition) is 2. The highest BCUT2D eigenvalue weighted by Crippen LogP contribution is 2.37. The second-order valence-electron chi connectivity index (χ2n) is 14.2. The molecule has 56 heavy (non-hydrogen) atoms. The van der Waals surface area contributed by atoms with E-state index in [1.54, 1.807) is 6.07 Å². The number of nitrogens with one attached hydrogen (secondary N) is 1. The molecule has 6 rings (SSSR count). The van der Waals surface area contributed by atoms with Crippen molar-refractivity contribution in [2.45, 2.75) is 59.5 Å². The maximum atomic E-state index is 11.8. The zero-order valence-corrected chi connectivity index (χ0v) is 34.0. The molecule has 0 heterocycles. The lowest BCUT2D eigenvalue weighted by atomic mass is 9.85. The van der Waals surface area contributed by atoms with E-state index in [0.29, 0.717) is 19.7 Å². The normalized spacial score (nSPS) is 14.6. The van der Waals surface area contributed by atoms with Gasteiger partial charge in [-0.25, -0.2) is 4.58 Å². The van der Waals surface area contributed by atoms with Gasteiger partial charge in [-0.1, -0.05) is 60.2 Å². The van der Waals surface area contributed by atoms with Crippen LogP contribution in [0.3, 0.4) is 0 Å². The van der Waals surface area contributed by atoms with E-state index in [4.69, 9.17) is 4.74 Å². The van der Waals surface area contributed by atoms with Crippen LogP contribution < -0.4 is 15.0 Å². The van der Waals surface area contributed by atoms with Gasteiger partial charge in [0, 0.05) is 47.9 Å². The molecule has 0 spiro atoms. The topological polar surface area (TPSA) is 81.9 Å². The van der Waals surface area contributed by atoms with Gasteiger partial charge in [0.25, 0.3) is 10.1 Å². The number of ether oxygens (including phenoxy) is 1. The van der Waals surface area contributed by atoms with Gasteiger partial charge in [-0.3, -0.25) is 4.55 Å². The summed E-state index contributed by atoms with van der Waals surface area (Å²) in [6.07, 6.45) is 6.55. The fourth-order valence-corrected chi connectivity index (χ4v) is 7.77. The van der Waals surface area contributed by atoms with Crippen molar-refractivity contribution in [1.82, 2.24) is 0 Å². The summed E-state index contributed by atoms with van der Waals surface area (Å²) in [4.78, 5) is 2.31. The molecular weight excluding hydrogens is 715 g/mol. The van der Waals surface area contributed by atoms with Crippen LogP contribution >= 0.6 is 0 Å². The molecule has 8 heteroatoms. The van der Waals surface area contributed by atoms with Gasteiger partial charge in [0.2, 0.25) is 0 Å². The van der Waals surface area contributed by atoms with Crippen molar-refractivity contribution in [3.05, 3.63) is 178 Å². The first-order valence-electron chi connectivity index (χ1n) is 19.3. The quantitative estimate of drug-likeness (QED) is 0.0865. The largest absolute Gasteiger partial charge is 0.494 e. The number of aryl methyl sites for hydroxylation is 2. The second kappa shape index (κ2) is 17.8. The number of allylic oxidation sites excluding steroid dienone is 5. The third kappa shape index (κ3) is 9.75. The van der Waals surface area contributed by atoms with Crippen molar-refractivity contribution >= 4 is 38.5 Å². The number of benzene rings is 5. The third-order valence-electron chi connectivity index (χ3n) is 10.1. The predicted molar refractivity (Wildman–Crippen MR) is 231 cm³/mol. The first-order valence-corrected chi connectivity index (χ1v) is 20.7. The molecule has 0 atom stereocenters. The van der Waals surface area contributed by atoms with Crippen LogP contribution in [0.25, 0.3) is 5.57 Å². The Morgan fingerprint density at radius 2 is 1.48 bits per heavy atom. The first kappa shape index (κ1) is 40.0. The van der Waals surface area contributed by atoms with Gasteiger partial charge in [-0.2, -0.15) is 8.42 Å². The van der Waals surface area contributed by atoms with Crippen molar-refractivity contribution in [1.29, 1.82) is 0 Å². The highest BCUT2D eigenvalue weighted by molar-refractivity contribution is 7.85. The summed E-state index contributed by atoms with van der Waals surface area (Å²) >= 11 is 0.